The quantitative estimate of drug-likeness (QED) is 0.748. The van der Waals surface area contributed by atoms with Crippen molar-refractivity contribution in [2.24, 2.45) is 0 Å². The van der Waals surface area contributed by atoms with Crippen molar-refractivity contribution in [3.8, 4) is 5.75 Å². The first kappa shape index (κ1) is 18.2. The summed E-state index contributed by atoms with van der Waals surface area (Å²) in [5.41, 5.74) is -0.902. The Labute approximate surface area is 126 Å². The summed E-state index contributed by atoms with van der Waals surface area (Å²) in [7, 11) is 2.90. The fraction of sp³-hybridized carbons (Fsp3) is 0.500. The molecule has 124 valence electrons. The first-order valence-electron chi connectivity index (χ1n) is 6.50. The average Bonchev–Trinajstić information content (AvgIpc) is 2.45. The van der Waals surface area contributed by atoms with E-state index in [9.17, 15) is 18.0 Å². The molecular formula is C14H18F3NO4. The number of hydrogen-bond donors (Lipinski definition) is 1. The molecule has 22 heavy (non-hydrogen) atoms. The number of carbonyl (C=O) groups is 1. The maximum absolute atomic E-state index is 12.8. The van der Waals surface area contributed by atoms with E-state index in [2.05, 4.69) is 5.32 Å². The van der Waals surface area contributed by atoms with Crippen LogP contribution < -0.4 is 10.1 Å². The molecule has 0 aromatic heterocycles. The van der Waals surface area contributed by atoms with Crippen molar-refractivity contribution in [2.45, 2.75) is 12.6 Å². The minimum Gasteiger partial charge on any atom is -0.489 e. The Hall–Kier alpha value is -1.80. The van der Waals surface area contributed by atoms with Gasteiger partial charge in [0.25, 0.3) is 0 Å². The van der Waals surface area contributed by atoms with Crippen LogP contribution in [0.5, 0.6) is 5.75 Å². The Morgan fingerprint density at radius 2 is 1.82 bits per heavy atom. The van der Waals surface area contributed by atoms with Gasteiger partial charge in [-0.05, 0) is 18.2 Å². The largest absolute Gasteiger partial charge is 0.489 e. The number of hydrogen-bond acceptors (Lipinski definition) is 4. The van der Waals surface area contributed by atoms with Crippen LogP contribution in [0.2, 0.25) is 0 Å². The van der Waals surface area contributed by atoms with Crippen LogP contribution in [0.4, 0.5) is 18.9 Å². The maximum atomic E-state index is 12.8. The number of anilines is 1. The standard InChI is InChI=1S/C14H18F3NO4/c1-20-6-5-13(19)18-11-9-10(14(15,16)17)3-4-12(11)22-8-7-21-2/h3-4,9H,5-8H2,1-2H3,(H,18,19). The van der Waals surface area contributed by atoms with Crippen LogP contribution in [0.25, 0.3) is 0 Å². The molecule has 0 aliphatic carbocycles. The number of methoxy groups -OCH3 is 2. The number of rotatable bonds is 8. The van der Waals surface area contributed by atoms with Crippen molar-refractivity contribution in [1.82, 2.24) is 0 Å². The minimum atomic E-state index is -4.50. The van der Waals surface area contributed by atoms with E-state index in [1.807, 2.05) is 0 Å². The lowest BCUT2D eigenvalue weighted by Gasteiger charge is -2.15. The molecule has 0 saturated carbocycles. The van der Waals surface area contributed by atoms with Gasteiger partial charge in [0.2, 0.25) is 5.91 Å². The smallest absolute Gasteiger partial charge is 0.416 e. The Balaban J connectivity index is 2.92. The third-order valence-electron chi connectivity index (χ3n) is 2.66. The summed E-state index contributed by atoms with van der Waals surface area (Å²) in [5.74, 6) is -0.311. The molecule has 1 rings (SSSR count). The molecule has 1 aromatic rings. The number of carbonyl (C=O) groups excluding carboxylic acids is 1. The zero-order valence-electron chi connectivity index (χ0n) is 12.3. The summed E-state index contributed by atoms with van der Waals surface area (Å²) in [6, 6.07) is 2.91. The lowest BCUT2D eigenvalue weighted by molar-refractivity contribution is -0.137. The predicted octanol–water partition coefficient (Wildman–Crippen LogP) is 2.71. The van der Waals surface area contributed by atoms with Gasteiger partial charge in [0.1, 0.15) is 12.4 Å². The normalized spacial score (nSPS) is 11.3. The molecule has 0 aliphatic heterocycles. The van der Waals surface area contributed by atoms with Crippen LogP contribution in [0.3, 0.4) is 0 Å². The summed E-state index contributed by atoms with van der Waals surface area (Å²) in [6.07, 6.45) is -4.47. The highest BCUT2D eigenvalue weighted by Crippen LogP contribution is 2.35. The van der Waals surface area contributed by atoms with Crippen LogP contribution in [0.1, 0.15) is 12.0 Å². The molecule has 8 heteroatoms. The first-order chi connectivity index (χ1) is 10.4. The predicted molar refractivity (Wildman–Crippen MR) is 73.9 cm³/mol. The SMILES string of the molecule is COCCOc1ccc(C(F)(F)F)cc1NC(=O)CCOC. The van der Waals surface area contributed by atoms with Crippen molar-refractivity contribution in [3.05, 3.63) is 23.8 Å². The minimum absolute atomic E-state index is 0.0320. The second-order valence-electron chi connectivity index (χ2n) is 4.34. The van der Waals surface area contributed by atoms with E-state index < -0.39 is 17.6 Å². The van der Waals surface area contributed by atoms with Crippen molar-refractivity contribution >= 4 is 11.6 Å². The van der Waals surface area contributed by atoms with Gasteiger partial charge in [-0.15, -0.1) is 0 Å². The summed E-state index contributed by atoms with van der Waals surface area (Å²) >= 11 is 0. The molecule has 0 radical (unpaired) electrons. The van der Waals surface area contributed by atoms with E-state index in [4.69, 9.17) is 14.2 Å². The van der Waals surface area contributed by atoms with Gasteiger partial charge in [-0.3, -0.25) is 4.79 Å². The van der Waals surface area contributed by atoms with E-state index in [0.717, 1.165) is 12.1 Å². The van der Waals surface area contributed by atoms with Gasteiger partial charge >= 0.3 is 6.18 Å². The molecule has 0 bridgehead atoms. The van der Waals surface area contributed by atoms with E-state index in [1.165, 1.54) is 20.3 Å². The van der Waals surface area contributed by atoms with E-state index in [1.54, 1.807) is 0 Å². The van der Waals surface area contributed by atoms with Crippen molar-refractivity contribution in [2.75, 3.05) is 39.4 Å². The number of amides is 1. The fourth-order valence-corrected chi connectivity index (χ4v) is 1.57. The van der Waals surface area contributed by atoms with Crippen LogP contribution >= 0.6 is 0 Å². The lowest BCUT2D eigenvalue weighted by atomic mass is 10.1. The van der Waals surface area contributed by atoms with Gasteiger partial charge in [0.05, 0.1) is 30.9 Å². The Morgan fingerprint density at radius 3 is 2.41 bits per heavy atom. The second kappa shape index (κ2) is 8.60. The van der Waals surface area contributed by atoms with E-state index in [-0.39, 0.29) is 37.7 Å². The fourth-order valence-electron chi connectivity index (χ4n) is 1.57. The molecule has 1 N–H and O–H groups in total. The topological polar surface area (TPSA) is 56.8 Å². The zero-order chi connectivity index (χ0) is 16.6. The monoisotopic (exact) mass is 321 g/mol. The summed E-state index contributed by atoms with van der Waals surface area (Å²) in [4.78, 5) is 11.7. The molecule has 0 aliphatic rings. The first-order valence-corrected chi connectivity index (χ1v) is 6.50. The summed E-state index contributed by atoms with van der Waals surface area (Å²) in [6.45, 7) is 0.603. The molecular weight excluding hydrogens is 303 g/mol. The lowest BCUT2D eigenvalue weighted by Crippen LogP contribution is -2.16. The van der Waals surface area contributed by atoms with Gasteiger partial charge in [-0.1, -0.05) is 0 Å². The highest BCUT2D eigenvalue weighted by molar-refractivity contribution is 5.92. The molecule has 0 unspecified atom stereocenters. The van der Waals surface area contributed by atoms with Gasteiger partial charge in [-0.25, -0.2) is 0 Å². The number of alkyl halides is 3. The van der Waals surface area contributed by atoms with Gasteiger partial charge < -0.3 is 19.5 Å². The molecule has 0 saturated heterocycles. The maximum Gasteiger partial charge on any atom is 0.416 e. The number of ether oxygens (including phenoxy) is 3. The Morgan fingerprint density at radius 1 is 1.14 bits per heavy atom. The number of halogens is 3. The van der Waals surface area contributed by atoms with Gasteiger partial charge in [0, 0.05) is 14.2 Å². The third kappa shape index (κ3) is 5.90. The van der Waals surface area contributed by atoms with Gasteiger partial charge in [-0.2, -0.15) is 13.2 Å². The Bertz CT molecular complexity index is 491. The van der Waals surface area contributed by atoms with Crippen LogP contribution in [0, 0.1) is 0 Å². The molecule has 0 fully saturated rings. The highest BCUT2D eigenvalue weighted by Gasteiger charge is 2.31. The number of benzene rings is 1. The van der Waals surface area contributed by atoms with Crippen molar-refractivity contribution < 1.29 is 32.2 Å². The molecule has 0 atom stereocenters. The van der Waals surface area contributed by atoms with Crippen LogP contribution in [0.15, 0.2) is 18.2 Å². The van der Waals surface area contributed by atoms with Crippen molar-refractivity contribution in [3.63, 3.8) is 0 Å². The molecule has 5 nitrogen and oxygen atoms in total. The molecule has 0 heterocycles. The summed E-state index contributed by atoms with van der Waals surface area (Å²) < 4.78 is 53.1. The summed E-state index contributed by atoms with van der Waals surface area (Å²) in [5, 5.41) is 2.40. The Kier molecular flexibility index (Phi) is 7.13. The van der Waals surface area contributed by atoms with E-state index >= 15 is 0 Å². The second-order valence-corrected chi connectivity index (χ2v) is 4.34. The van der Waals surface area contributed by atoms with Crippen LogP contribution in [-0.4, -0.2) is 39.9 Å². The zero-order valence-corrected chi connectivity index (χ0v) is 12.3. The van der Waals surface area contributed by atoms with Crippen LogP contribution in [-0.2, 0) is 20.4 Å². The number of nitrogens with one attached hydrogen (secondary N) is 1. The molecule has 1 amide bonds. The van der Waals surface area contributed by atoms with E-state index in [0.29, 0.717) is 0 Å². The molecule has 1 aromatic carbocycles. The third-order valence-corrected chi connectivity index (χ3v) is 2.66. The highest BCUT2D eigenvalue weighted by atomic mass is 19.4. The van der Waals surface area contributed by atoms with Crippen molar-refractivity contribution in [1.29, 1.82) is 0 Å². The van der Waals surface area contributed by atoms with Gasteiger partial charge in [0.15, 0.2) is 0 Å². The molecule has 0 spiro atoms. The average molecular weight is 321 g/mol.